The van der Waals surface area contributed by atoms with Gasteiger partial charge in [-0.25, -0.2) is 9.48 Å². The van der Waals surface area contributed by atoms with Gasteiger partial charge in [-0.2, -0.15) is 0 Å². The molecule has 0 unspecified atom stereocenters. The summed E-state index contributed by atoms with van der Waals surface area (Å²) < 4.78 is 7.97. The van der Waals surface area contributed by atoms with Crippen LogP contribution < -0.4 is 11.1 Å². The number of amides is 1. The van der Waals surface area contributed by atoms with Crippen LogP contribution in [0, 0.1) is 0 Å². The number of hydrogen-bond donors (Lipinski definition) is 1. The molecule has 4 rings (SSSR count). The largest absolute Gasteiger partial charge is 0.420 e. The standard InChI is InChI=1S/C17H14N6O3/c1-22-16(19-20-21-22)11-5-4-6-12(9-11)18-15(24)10-23-13-7-2-3-8-14(13)26-17(23)25/h2-9H,10H2,1H3,(H,18,24). The first-order chi connectivity index (χ1) is 12.6. The number of oxazole rings is 1. The minimum atomic E-state index is -0.569. The molecule has 0 aliphatic carbocycles. The highest BCUT2D eigenvalue weighted by atomic mass is 16.4. The van der Waals surface area contributed by atoms with Gasteiger partial charge < -0.3 is 9.73 Å². The van der Waals surface area contributed by atoms with Gasteiger partial charge in [0, 0.05) is 18.3 Å². The maximum Gasteiger partial charge on any atom is 0.420 e. The number of carbonyl (C=O) groups is 1. The van der Waals surface area contributed by atoms with Gasteiger partial charge in [-0.15, -0.1) is 5.10 Å². The van der Waals surface area contributed by atoms with Crippen molar-refractivity contribution in [3.05, 3.63) is 59.1 Å². The second kappa shape index (κ2) is 6.28. The monoisotopic (exact) mass is 350 g/mol. The van der Waals surface area contributed by atoms with Crippen LogP contribution in [-0.4, -0.2) is 30.7 Å². The first-order valence-electron chi connectivity index (χ1n) is 7.83. The summed E-state index contributed by atoms with van der Waals surface area (Å²) in [7, 11) is 1.73. The van der Waals surface area contributed by atoms with E-state index in [-0.39, 0.29) is 12.5 Å². The van der Waals surface area contributed by atoms with Gasteiger partial charge in [0.1, 0.15) is 6.54 Å². The number of nitrogens with zero attached hydrogens (tertiary/aromatic N) is 5. The molecule has 4 aromatic rings. The van der Waals surface area contributed by atoms with Crippen molar-refractivity contribution >= 4 is 22.7 Å². The van der Waals surface area contributed by atoms with Crippen LogP contribution in [0.3, 0.4) is 0 Å². The number of aryl methyl sites for hydroxylation is 1. The zero-order valence-electron chi connectivity index (χ0n) is 13.8. The van der Waals surface area contributed by atoms with E-state index >= 15 is 0 Å². The lowest BCUT2D eigenvalue weighted by Crippen LogP contribution is -2.24. The lowest BCUT2D eigenvalue weighted by molar-refractivity contribution is -0.116. The number of tetrazole rings is 1. The number of para-hydroxylation sites is 2. The smallest absolute Gasteiger partial charge is 0.408 e. The van der Waals surface area contributed by atoms with Crippen molar-refractivity contribution in [3.63, 3.8) is 0 Å². The molecule has 2 heterocycles. The van der Waals surface area contributed by atoms with Crippen LogP contribution in [0.15, 0.2) is 57.7 Å². The fourth-order valence-electron chi connectivity index (χ4n) is 2.72. The van der Waals surface area contributed by atoms with Crippen molar-refractivity contribution in [2.45, 2.75) is 6.54 Å². The van der Waals surface area contributed by atoms with Crippen LogP contribution in [0.4, 0.5) is 5.69 Å². The van der Waals surface area contributed by atoms with Crippen LogP contribution >= 0.6 is 0 Å². The van der Waals surface area contributed by atoms with Crippen molar-refractivity contribution in [3.8, 4) is 11.4 Å². The SMILES string of the molecule is Cn1nnnc1-c1cccc(NC(=O)Cn2c(=O)oc3ccccc32)c1. The normalized spacial score (nSPS) is 11.0. The molecule has 2 aromatic carbocycles. The Hall–Kier alpha value is -3.75. The Morgan fingerprint density at radius 3 is 2.85 bits per heavy atom. The first-order valence-corrected chi connectivity index (χ1v) is 7.83. The van der Waals surface area contributed by atoms with Gasteiger partial charge in [-0.05, 0) is 34.7 Å². The maximum atomic E-state index is 12.4. The minimum Gasteiger partial charge on any atom is -0.408 e. The Kier molecular flexibility index (Phi) is 3.81. The predicted molar refractivity (Wildman–Crippen MR) is 93.3 cm³/mol. The van der Waals surface area contributed by atoms with E-state index in [2.05, 4.69) is 20.8 Å². The molecule has 1 amide bonds. The summed E-state index contributed by atoms with van der Waals surface area (Å²) in [5, 5.41) is 14.1. The minimum absolute atomic E-state index is 0.147. The molecule has 0 aliphatic heterocycles. The molecule has 9 nitrogen and oxygen atoms in total. The van der Waals surface area contributed by atoms with Crippen molar-refractivity contribution in [1.29, 1.82) is 0 Å². The number of fused-ring (bicyclic) bond motifs is 1. The van der Waals surface area contributed by atoms with Gasteiger partial charge in [0.15, 0.2) is 11.4 Å². The summed E-state index contributed by atoms with van der Waals surface area (Å²) >= 11 is 0. The topological polar surface area (TPSA) is 108 Å². The third-order valence-electron chi connectivity index (χ3n) is 3.90. The molecule has 130 valence electrons. The van der Waals surface area contributed by atoms with Gasteiger partial charge >= 0.3 is 5.76 Å². The Labute approximate surface area is 146 Å². The zero-order chi connectivity index (χ0) is 18.1. The molecule has 0 fully saturated rings. The highest BCUT2D eigenvalue weighted by Crippen LogP contribution is 2.19. The van der Waals surface area contributed by atoms with E-state index in [1.807, 2.05) is 6.07 Å². The molecule has 0 bridgehead atoms. The van der Waals surface area contributed by atoms with E-state index in [0.717, 1.165) is 5.56 Å². The van der Waals surface area contributed by atoms with E-state index in [9.17, 15) is 9.59 Å². The van der Waals surface area contributed by atoms with E-state index in [0.29, 0.717) is 22.6 Å². The summed E-state index contributed by atoms with van der Waals surface area (Å²) in [5.41, 5.74) is 2.37. The number of aromatic nitrogens is 5. The molecule has 0 radical (unpaired) electrons. The molecular weight excluding hydrogens is 336 g/mol. The first kappa shape index (κ1) is 15.8. The van der Waals surface area contributed by atoms with Gasteiger partial charge in [-0.1, -0.05) is 24.3 Å². The van der Waals surface area contributed by atoms with Crippen molar-refractivity contribution in [1.82, 2.24) is 24.8 Å². The zero-order valence-corrected chi connectivity index (χ0v) is 13.8. The summed E-state index contributed by atoms with van der Waals surface area (Å²) in [5.74, 6) is -0.328. The number of hydrogen-bond acceptors (Lipinski definition) is 6. The highest BCUT2D eigenvalue weighted by molar-refractivity contribution is 5.92. The average molecular weight is 350 g/mol. The van der Waals surface area contributed by atoms with Gasteiger partial charge in [0.25, 0.3) is 0 Å². The Morgan fingerprint density at radius 1 is 1.19 bits per heavy atom. The van der Waals surface area contributed by atoms with Crippen molar-refractivity contribution in [2.75, 3.05) is 5.32 Å². The molecule has 0 saturated carbocycles. The molecule has 0 spiro atoms. The summed E-state index contributed by atoms with van der Waals surface area (Å²) in [6, 6.07) is 14.1. The number of rotatable bonds is 4. The van der Waals surface area contributed by atoms with Crippen LogP contribution in [-0.2, 0) is 18.4 Å². The fraction of sp³-hybridized carbons (Fsp3) is 0.118. The lowest BCUT2D eigenvalue weighted by Gasteiger charge is -2.07. The second-order valence-electron chi connectivity index (χ2n) is 5.68. The molecule has 0 saturated heterocycles. The number of nitrogens with one attached hydrogen (secondary N) is 1. The third-order valence-corrected chi connectivity index (χ3v) is 3.90. The summed E-state index contributed by atoms with van der Waals surface area (Å²) in [6.07, 6.45) is 0. The molecule has 0 aliphatic rings. The Morgan fingerprint density at radius 2 is 2.04 bits per heavy atom. The number of carbonyl (C=O) groups excluding carboxylic acids is 1. The fourth-order valence-corrected chi connectivity index (χ4v) is 2.72. The number of benzene rings is 2. The Bertz CT molecular complexity index is 1160. The lowest BCUT2D eigenvalue weighted by atomic mass is 10.2. The Balaban J connectivity index is 1.56. The van der Waals surface area contributed by atoms with Crippen LogP contribution in [0.25, 0.3) is 22.5 Å². The molecule has 1 N–H and O–H groups in total. The highest BCUT2D eigenvalue weighted by Gasteiger charge is 2.13. The molecule has 26 heavy (non-hydrogen) atoms. The van der Waals surface area contributed by atoms with E-state index in [4.69, 9.17) is 4.42 Å². The van der Waals surface area contributed by atoms with Gasteiger partial charge in [-0.3, -0.25) is 9.36 Å². The van der Waals surface area contributed by atoms with Crippen LogP contribution in [0.2, 0.25) is 0 Å². The average Bonchev–Trinajstić information content (AvgIpc) is 3.19. The van der Waals surface area contributed by atoms with Crippen LogP contribution in [0.1, 0.15) is 0 Å². The molecule has 0 atom stereocenters. The predicted octanol–water partition coefficient (Wildman–Crippen LogP) is 1.42. The molecule has 2 aromatic heterocycles. The van der Waals surface area contributed by atoms with Crippen LogP contribution in [0.5, 0.6) is 0 Å². The van der Waals surface area contributed by atoms with Crippen molar-refractivity contribution < 1.29 is 9.21 Å². The summed E-state index contributed by atoms with van der Waals surface area (Å²) in [6.45, 7) is -0.147. The van der Waals surface area contributed by atoms with E-state index < -0.39 is 5.76 Å². The van der Waals surface area contributed by atoms with Crippen molar-refractivity contribution in [2.24, 2.45) is 7.05 Å². The van der Waals surface area contributed by atoms with Gasteiger partial charge in [0.2, 0.25) is 5.91 Å². The third kappa shape index (κ3) is 2.86. The molecular formula is C17H14N6O3. The second-order valence-corrected chi connectivity index (χ2v) is 5.68. The maximum absolute atomic E-state index is 12.4. The van der Waals surface area contributed by atoms with E-state index in [1.165, 1.54) is 9.25 Å². The van der Waals surface area contributed by atoms with E-state index in [1.54, 1.807) is 49.5 Å². The van der Waals surface area contributed by atoms with Gasteiger partial charge in [0.05, 0.1) is 5.52 Å². The summed E-state index contributed by atoms with van der Waals surface area (Å²) in [4.78, 5) is 24.3. The molecule has 9 heteroatoms. The number of anilines is 1. The quantitative estimate of drug-likeness (QED) is 0.596.